The first kappa shape index (κ1) is 17.5. The molecule has 0 aliphatic carbocycles. The minimum Gasteiger partial charge on any atom is -0.313 e. The number of rotatable bonds is 5. The number of carbonyl (C=O) groups excluding carboxylic acids is 1. The lowest BCUT2D eigenvalue weighted by atomic mass is 9.98. The molecule has 0 saturated heterocycles. The summed E-state index contributed by atoms with van der Waals surface area (Å²) in [6.07, 6.45) is 3.00. The van der Waals surface area contributed by atoms with E-state index in [0.717, 1.165) is 27.5 Å². The van der Waals surface area contributed by atoms with Crippen molar-refractivity contribution in [3.05, 3.63) is 59.7 Å². The summed E-state index contributed by atoms with van der Waals surface area (Å²) in [7, 11) is 0. The Morgan fingerprint density at radius 3 is 2.63 bits per heavy atom. The van der Waals surface area contributed by atoms with Crippen LogP contribution in [0.25, 0.3) is 27.5 Å². The molecule has 5 heteroatoms. The minimum atomic E-state index is -0.254. The number of hydrogen-bond donors (Lipinski definition) is 1. The Hall–Kier alpha value is -2.95. The van der Waals surface area contributed by atoms with E-state index in [2.05, 4.69) is 40.7 Å². The Labute approximate surface area is 157 Å². The van der Waals surface area contributed by atoms with Crippen molar-refractivity contribution in [3.63, 3.8) is 0 Å². The van der Waals surface area contributed by atoms with E-state index in [1.165, 1.54) is 23.4 Å². The zero-order valence-electron chi connectivity index (χ0n) is 15.7. The smallest absolute Gasteiger partial charge is 0.130 e. The van der Waals surface area contributed by atoms with Crippen LogP contribution in [0.5, 0.6) is 0 Å². The van der Waals surface area contributed by atoms with E-state index in [1.54, 1.807) is 25.3 Å². The van der Waals surface area contributed by atoms with Gasteiger partial charge in [0.2, 0.25) is 0 Å². The van der Waals surface area contributed by atoms with Gasteiger partial charge in [0.25, 0.3) is 0 Å². The number of carbonyl (C=O) groups is 1. The van der Waals surface area contributed by atoms with Crippen molar-refractivity contribution in [1.29, 1.82) is 0 Å². The molecule has 138 valence electrons. The van der Waals surface area contributed by atoms with Crippen molar-refractivity contribution in [2.75, 3.05) is 0 Å². The monoisotopic (exact) mass is 363 g/mol. The largest absolute Gasteiger partial charge is 0.313 e. The van der Waals surface area contributed by atoms with Crippen LogP contribution in [0.1, 0.15) is 44.4 Å². The quantitative estimate of drug-likeness (QED) is 0.524. The third-order valence-electron chi connectivity index (χ3n) is 5.03. The van der Waals surface area contributed by atoms with Gasteiger partial charge in [-0.05, 0) is 61.2 Å². The van der Waals surface area contributed by atoms with Gasteiger partial charge in [0.05, 0.1) is 17.2 Å². The van der Waals surface area contributed by atoms with Crippen molar-refractivity contribution in [3.8, 4) is 5.69 Å². The second kappa shape index (κ2) is 6.65. The summed E-state index contributed by atoms with van der Waals surface area (Å²) < 4.78 is 15.7. The molecule has 0 radical (unpaired) electrons. The number of fused-ring (bicyclic) bond motifs is 2. The number of aromatic amines is 1. The van der Waals surface area contributed by atoms with Crippen LogP contribution in [-0.4, -0.2) is 20.5 Å². The molecule has 0 spiro atoms. The Morgan fingerprint density at radius 1 is 1.22 bits per heavy atom. The van der Waals surface area contributed by atoms with Crippen LogP contribution in [0.15, 0.2) is 42.6 Å². The lowest BCUT2D eigenvalue weighted by Crippen LogP contribution is -2.05. The van der Waals surface area contributed by atoms with E-state index in [4.69, 9.17) is 0 Å². The van der Waals surface area contributed by atoms with Gasteiger partial charge in [-0.1, -0.05) is 13.8 Å². The molecule has 1 N–H and O–H groups in total. The number of halogens is 1. The molecule has 0 aliphatic heterocycles. The number of aromatic nitrogens is 3. The molecule has 4 nitrogen and oxygen atoms in total. The van der Waals surface area contributed by atoms with E-state index in [0.29, 0.717) is 12.8 Å². The average Bonchev–Trinajstić information content (AvgIpc) is 3.20. The van der Waals surface area contributed by atoms with Gasteiger partial charge in [0.1, 0.15) is 11.6 Å². The fourth-order valence-corrected chi connectivity index (χ4v) is 3.85. The molecule has 0 saturated carbocycles. The van der Waals surface area contributed by atoms with Crippen LogP contribution in [0, 0.1) is 5.82 Å². The Bertz CT molecular complexity index is 1140. The van der Waals surface area contributed by atoms with Crippen LogP contribution in [0.3, 0.4) is 0 Å². The predicted molar refractivity (Wildman–Crippen MR) is 106 cm³/mol. The summed E-state index contributed by atoms with van der Waals surface area (Å²) in [4.78, 5) is 11.7. The van der Waals surface area contributed by atoms with Crippen molar-refractivity contribution in [1.82, 2.24) is 14.8 Å². The molecular weight excluding hydrogens is 341 g/mol. The summed E-state index contributed by atoms with van der Waals surface area (Å²) in [5.41, 5.74) is 5.28. The number of hydrogen-bond acceptors (Lipinski definition) is 2. The summed E-state index contributed by atoms with van der Waals surface area (Å²) in [5.74, 6) is 0.172. The van der Waals surface area contributed by atoms with Gasteiger partial charge in [-0.15, -0.1) is 0 Å². The molecule has 0 fully saturated rings. The third-order valence-corrected chi connectivity index (χ3v) is 5.03. The van der Waals surface area contributed by atoms with Crippen LogP contribution in [0.2, 0.25) is 0 Å². The van der Waals surface area contributed by atoms with Crippen LogP contribution in [0.4, 0.5) is 4.39 Å². The maximum Gasteiger partial charge on any atom is 0.130 e. The lowest BCUT2D eigenvalue weighted by molar-refractivity contribution is -0.116. The molecule has 0 unspecified atom stereocenters. The summed E-state index contributed by atoms with van der Waals surface area (Å²) in [6.45, 7) is 5.93. The Morgan fingerprint density at radius 2 is 1.96 bits per heavy atom. The third kappa shape index (κ3) is 3.03. The van der Waals surface area contributed by atoms with Gasteiger partial charge in [-0.2, -0.15) is 5.10 Å². The van der Waals surface area contributed by atoms with Crippen molar-refractivity contribution in [2.24, 2.45) is 0 Å². The van der Waals surface area contributed by atoms with Crippen LogP contribution in [-0.2, 0) is 11.2 Å². The maximum absolute atomic E-state index is 13.5. The highest BCUT2D eigenvalue weighted by atomic mass is 19.1. The topological polar surface area (TPSA) is 50.7 Å². The van der Waals surface area contributed by atoms with Crippen molar-refractivity contribution in [2.45, 2.75) is 39.5 Å². The van der Waals surface area contributed by atoms with Crippen molar-refractivity contribution >= 4 is 27.6 Å². The number of nitrogens with one attached hydrogen (secondary N) is 1. The minimum absolute atomic E-state index is 0.176. The fourth-order valence-electron chi connectivity index (χ4n) is 3.85. The molecule has 0 aliphatic rings. The number of benzene rings is 2. The molecular formula is C22H22FN3O. The molecule has 4 aromatic rings. The highest BCUT2D eigenvalue weighted by Crippen LogP contribution is 2.36. The highest BCUT2D eigenvalue weighted by molar-refractivity contribution is 5.98. The van der Waals surface area contributed by atoms with Gasteiger partial charge < -0.3 is 9.36 Å². The van der Waals surface area contributed by atoms with E-state index in [-0.39, 0.29) is 17.5 Å². The van der Waals surface area contributed by atoms with Gasteiger partial charge >= 0.3 is 0 Å². The van der Waals surface area contributed by atoms with Crippen molar-refractivity contribution < 1.29 is 9.18 Å². The summed E-state index contributed by atoms with van der Waals surface area (Å²) in [5, 5.41) is 9.31. The number of nitrogens with zero attached hydrogens (tertiary/aromatic N) is 2. The summed E-state index contributed by atoms with van der Waals surface area (Å²) >= 11 is 0. The lowest BCUT2D eigenvalue weighted by Gasteiger charge is -2.15. The van der Waals surface area contributed by atoms with Gasteiger partial charge in [-0.25, -0.2) is 4.39 Å². The van der Waals surface area contributed by atoms with Crippen LogP contribution >= 0.6 is 0 Å². The zero-order valence-corrected chi connectivity index (χ0v) is 15.7. The van der Waals surface area contributed by atoms with Gasteiger partial charge in [0, 0.05) is 28.6 Å². The first-order valence-electron chi connectivity index (χ1n) is 9.21. The Balaban J connectivity index is 2.07. The molecule has 0 bridgehead atoms. The molecule has 2 heterocycles. The second-order valence-electron chi connectivity index (χ2n) is 7.36. The van der Waals surface area contributed by atoms with E-state index < -0.39 is 0 Å². The molecule has 0 amide bonds. The number of H-pyrrole nitrogens is 1. The van der Waals surface area contributed by atoms with Crippen LogP contribution < -0.4 is 0 Å². The first-order valence-corrected chi connectivity index (χ1v) is 9.21. The molecule has 4 rings (SSSR count). The predicted octanol–water partition coefficient (Wildman–Crippen LogP) is 5.29. The fraction of sp³-hybridized carbons (Fsp3) is 0.273. The van der Waals surface area contributed by atoms with E-state index in [9.17, 15) is 9.18 Å². The molecule has 0 atom stereocenters. The van der Waals surface area contributed by atoms with E-state index in [1.807, 2.05) is 0 Å². The molecule has 2 aromatic carbocycles. The summed E-state index contributed by atoms with van der Waals surface area (Å²) in [6, 6.07) is 10.8. The zero-order chi connectivity index (χ0) is 19.1. The maximum atomic E-state index is 13.5. The van der Waals surface area contributed by atoms with E-state index >= 15 is 0 Å². The normalized spacial score (nSPS) is 11.7. The molecule has 27 heavy (non-hydrogen) atoms. The highest BCUT2D eigenvalue weighted by Gasteiger charge is 2.21. The standard InChI is InChI=1S/C22H22FN3O/c1-13(2)22-18(9-4-14(3)27)19-11-20-15(12-24-25-20)10-21(19)26(22)17-7-5-16(23)6-8-17/h5-8,10-13H,4,9H2,1-3H3,(H,24,25). The number of Topliss-reactive ketones (excluding diaryl/α,β-unsaturated/α-hetero) is 1. The first-order chi connectivity index (χ1) is 13.0. The average molecular weight is 363 g/mol. The Kier molecular flexibility index (Phi) is 4.30. The molecule has 2 aromatic heterocycles. The van der Waals surface area contributed by atoms with Gasteiger partial charge in [-0.3, -0.25) is 5.10 Å². The number of aryl methyl sites for hydroxylation is 1. The van der Waals surface area contributed by atoms with Gasteiger partial charge in [0.15, 0.2) is 0 Å². The second-order valence-corrected chi connectivity index (χ2v) is 7.36. The number of ketones is 1. The SMILES string of the molecule is CC(=O)CCc1c(C(C)C)n(-c2ccc(F)cc2)c2cc3cn[nH]c3cc12.